The average Bonchev–Trinajstić information content (AvgIpc) is 3.33. The van der Waals surface area contributed by atoms with Crippen molar-refractivity contribution in [2.45, 2.75) is 0 Å². The molecule has 0 aliphatic carbocycles. The average molecular weight is 409 g/mol. The molecule has 0 N–H and O–H groups in total. The molecule has 1 radical (unpaired) electrons. The van der Waals surface area contributed by atoms with E-state index >= 15 is 0 Å². The van der Waals surface area contributed by atoms with Gasteiger partial charge >= 0.3 is 0 Å². The van der Waals surface area contributed by atoms with Gasteiger partial charge in [-0.2, -0.15) is 17.9 Å². The van der Waals surface area contributed by atoms with Gasteiger partial charge in [0.15, 0.2) is 0 Å². The fourth-order valence-electron chi connectivity index (χ4n) is 2.91. The van der Waals surface area contributed by atoms with E-state index in [9.17, 15) is 0 Å². The fourth-order valence-corrected chi connectivity index (χ4v) is 2.91. The molecule has 0 heterocycles. The van der Waals surface area contributed by atoms with Gasteiger partial charge in [0, 0.05) is 23.9 Å². The number of hydrogen-bond acceptors (Lipinski definition) is 4. The van der Waals surface area contributed by atoms with E-state index in [2.05, 4.69) is 24.3 Å². The van der Waals surface area contributed by atoms with Gasteiger partial charge in [-0.15, -0.1) is 11.5 Å². The van der Waals surface area contributed by atoms with E-state index in [1.807, 2.05) is 36.4 Å². The largest absolute Gasteiger partial charge is 0.638 e. The van der Waals surface area contributed by atoms with Crippen molar-refractivity contribution in [1.29, 1.82) is 0 Å². The topological polar surface area (TPSA) is 36.9 Å². The van der Waals surface area contributed by atoms with Gasteiger partial charge in [0.05, 0.1) is 32.8 Å². The van der Waals surface area contributed by atoms with E-state index in [1.165, 1.54) is 21.5 Å². The van der Waals surface area contributed by atoms with Gasteiger partial charge in [-0.1, -0.05) is 23.3 Å². The second-order valence-electron chi connectivity index (χ2n) is 5.72. The van der Waals surface area contributed by atoms with Crippen LogP contribution in [0.15, 0.2) is 60.7 Å². The molecule has 4 aromatic rings. The molecule has 0 amide bonds. The Hall–Kier alpha value is -2.63. The van der Waals surface area contributed by atoms with Crippen molar-refractivity contribution < 1.29 is 35.7 Å². The molecule has 149 valence electrons. The first-order valence-corrected chi connectivity index (χ1v) is 8.25. The zero-order valence-electron chi connectivity index (χ0n) is 15.7. The van der Waals surface area contributed by atoms with Gasteiger partial charge in [0.25, 0.3) is 0 Å². The molecule has 4 aromatic carbocycles. The van der Waals surface area contributed by atoms with Crippen molar-refractivity contribution in [3.8, 4) is 23.0 Å². The summed E-state index contributed by atoms with van der Waals surface area (Å²) in [6.07, 6.45) is 0. The molecule has 0 unspecified atom stereocenters. The molecular formula is C22H22CoO4-6. The maximum absolute atomic E-state index is 5.19. The Morgan fingerprint density at radius 1 is 0.741 bits per heavy atom. The first-order chi connectivity index (χ1) is 12.7. The minimum absolute atomic E-state index is 0. The summed E-state index contributed by atoms with van der Waals surface area (Å²) < 4.78 is 20.8. The minimum Gasteiger partial charge on any atom is -0.638 e. The first-order valence-electron chi connectivity index (χ1n) is 8.25. The summed E-state index contributed by atoms with van der Waals surface area (Å²) in [5.74, 6) is 3.12. The second kappa shape index (κ2) is 9.35. The predicted octanol–water partition coefficient (Wildman–Crippen LogP) is 5.15. The van der Waals surface area contributed by atoms with Crippen LogP contribution in [0.3, 0.4) is 0 Å². The van der Waals surface area contributed by atoms with E-state index in [0.717, 1.165) is 23.0 Å². The van der Waals surface area contributed by atoms with Gasteiger partial charge in [0.2, 0.25) is 0 Å². The molecule has 5 heteroatoms. The van der Waals surface area contributed by atoms with Gasteiger partial charge in [-0.3, -0.25) is 0 Å². The maximum Gasteiger partial charge on any atom is 0.0952 e. The molecule has 0 atom stereocenters. The number of ether oxygens (including phenoxy) is 4. The Morgan fingerprint density at radius 2 is 1.26 bits per heavy atom. The SMILES string of the molecule is COc1c[c-]2[cH-][cH-][cH-][c-]2cc1OC.COc1cc2ccc[c-]2cc1OC.[Co]. The van der Waals surface area contributed by atoms with Crippen molar-refractivity contribution in [2.24, 2.45) is 0 Å². The molecule has 0 saturated heterocycles. The molecule has 0 fully saturated rings. The van der Waals surface area contributed by atoms with E-state index in [1.54, 1.807) is 28.4 Å². The molecule has 0 bridgehead atoms. The zero-order valence-corrected chi connectivity index (χ0v) is 16.8. The smallest absolute Gasteiger partial charge is 0.0952 e. The molecular weight excluding hydrogens is 387 g/mol. The standard InChI is InChI=1S/2C11H11O2.Co/c2*1-12-10-6-8-4-3-5-9(8)7-11(10)13-2;/h2*3-7H,1-2H3;/q-5;-1;. The van der Waals surface area contributed by atoms with Crippen LogP contribution < -0.4 is 18.9 Å². The fraction of sp³-hybridized carbons (Fsp3) is 0.182. The predicted molar refractivity (Wildman–Crippen MR) is 105 cm³/mol. The van der Waals surface area contributed by atoms with Crippen molar-refractivity contribution in [1.82, 2.24) is 0 Å². The summed E-state index contributed by atoms with van der Waals surface area (Å²) in [5, 5.41) is 4.71. The van der Waals surface area contributed by atoms with Gasteiger partial charge < -0.3 is 60.1 Å². The summed E-state index contributed by atoms with van der Waals surface area (Å²) in [6, 6.07) is 20.2. The van der Waals surface area contributed by atoms with Crippen molar-refractivity contribution >= 4 is 21.5 Å². The summed E-state index contributed by atoms with van der Waals surface area (Å²) in [4.78, 5) is 0. The van der Waals surface area contributed by atoms with Crippen LogP contribution in [0, 0.1) is 0 Å². The molecule has 0 aliphatic heterocycles. The third-order valence-electron chi connectivity index (χ3n) is 4.28. The molecule has 0 aliphatic rings. The first kappa shape index (κ1) is 20.7. The van der Waals surface area contributed by atoms with E-state index in [-0.39, 0.29) is 16.8 Å². The van der Waals surface area contributed by atoms with Gasteiger partial charge in [-0.25, -0.2) is 0 Å². The third-order valence-corrected chi connectivity index (χ3v) is 4.28. The summed E-state index contributed by atoms with van der Waals surface area (Å²) in [7, 11) is 6.58. The van der Waals surface area contributed by atoms with Crippen LogP contribution in [0.2, 0.25) is 0 Å². The Morgan fingerprint density at radius 3 is 1.78 bits per heavy atom. The van der Waals surface area contributed by atoms with Crippen LogP contribution in [-0.4, -0.2) is 28.4 Å². The molecule has 4 nitrogen and oxygen atoms in total. The number of methoxy groups -OCH3 is 4. The van der Waals surface area contributed by atoms with Crippen LogP contribution in [0.4, 0.5) is 0 Å². The van der Waals surface area contributed by atoms with E-state index < -0.39 is 0 Å². The summed E-state index contributed by atoms with van der Waals surface area (Å²) in [6.45, 7) is 0. The monoisotopic (exact) mass is 409 g/mol. The van der Waals surface area contributed by atoms with Crippen LogP contribution in [0.1, 0.15) is 0 Å². The molecule has 4 rings (SSSR count). The Bertz CT molecular complexity index is 842. The second-order valence-corrected chi connectivity index (χ2v) is 5.72. The zero-order chi connectivity index (χ0) is 18.5. The molecule has 0 aromatic heterocycles. The maximum atomic E-state index is 5.19. The molecule has 0 spiro atoms. The Labute approximate surface area is 169 Å². The van der Waals surface area contributed by atoms with Crippen LogP contribution in [0.25, 0.3) is 21.5 Å². The van der Waals surface area contributed by atoms with Crippen molar-refractivity contribution in [3.05, 3.63) is 60.7 Å². The summed E-state index contributed by atoms with van der Waals surface area (Å²) in [5.41, 5.74) is 0. The molecule has 0 saturated carbocycles. The van der Waals surface area contributed by atoms with E-state index in [4.69, 9.17) is 18.9 Å². The quantitative estimate of drug-likeness (QED) is 0.437. The minimum atomic E-state index is 0. The number of rotatable bonds is 4. The van der Waals surface area contributed by atoms with Crippen molar-refractivity contribution in [2.75, 3.05) is 28.4 Å². The third kappa shape index (κ3) is 4.38. The van der Waals surface area contributed by atoms with Crippen LogP contribution in [0.5, 0.6) is 23.0 Å². The van der Waals surface area contributed by atoms with E-state index in [0.29, 0.717) is 0 Å². The summed E-state index contributed by atoms with van der Waals surface area (Å²) >= 11 is 0. The number of fused-ring (bicyclic) bond motifs is 2. The Balaban J connectivity index is 0.000000187. The van der Waals surface area contributed by atoms with Gasteiger partial charge in [0.1, 0.15) is 0 Å². The van der Waals surface area contributed by atoms with Gasteiger partial charge in [-0.05, 0) is 0 Å². The van der Waals surface area contributed by atoms with Crippen molar-refractivity contribution in [3.63, 3.8) is 0 Å². The normalized spacial score (nSPS) is 9.93. The Kier molecular flexibility index (Phi) is 7.16. The van der Waals surface area contributed by atoms with Crippen LogP contribution >= 0.6 is 0 Å². The number of benzene rings is 2. The molecule has 27 heavy (non-hydrogen) atoms. The van der Waals surface area contributed by atoms with Crippen LogP contribution in [-0.2, 0) is 16.8 Å². The number of hydrogen-bond donors (Lipinski definition) is 0.